The number of benzene rings is 2. The van der Waals surface area contributed by atoms with E-state index >= 15 is 4.39 Å². The fourth-order valence-corrected chi connectivity index (χ4v) is 4.02. The maximum Gasteiger partial charge on any atom is 0.387 e. The number of rotatable bonds is 6. The molecule has 0 fully saturated rings. The highest BCUT2D eigenvalue weighted by molar-refractivity contribution is 5.85. The number of hydrogen-bond acceptors (Lipinski definition) is 5. The SMILES string of the molecule is Cc1ccc(OC(F)F)c(Cn2c3cc(-c4cnc(C(C)(C)O)nc4C)c(F)cc3c(=O)n2C)c1. The van der Waals surface area contributed by atoms with Gasteiger partial charge in [-0.05, 0) is 45.9 Å². The molecule has 0 atom stereocenters. The van der Waals surface area contributed by atoms with Crippen molar-refractivity contribution in [2.75, 3.05) is 0 Å². The highest BCUT2D eigenvalue weighted by Crippen LogP contribution is 2.31. The van der Waals surface area contributed by atoms with Crippen LogP contribution in [0.5, 0.6) is 5.75 Å². The van der Waals surface area contributed by atoms with E-state index in [1.165, 1.54) is 30.1 Å². The Morgan fingerprint density at radius 3 is 2.49 bits per heavy atom. The fourth-order valence-electron chi connectivity index (χ4n) is 4.02. The fraction of sp³-hybridized carbons (Fsp3) is 0.320. The number of hydrogen-bond donors (Lipinski definition) is 1. The third-order valence-electron chi connectivity index (χ3n) is 5.82. The summed E-state index contributed by atoms with van der Waals surface area (Å²) in [5.74, 6) is -0.441. The van der Waals surface area contributed by atoms with Crippen LogP contribution in [-0.2, 0) is 19.2 Å². The van der Waals surface area contributed by atoms with Crippen LogP contribution in [0.3, 0.4) is 0 Å². The van der Waals surface area contributed by atoms with Gasteiger partial charge in [-0.1, -0.05) is 17.7 Å². The molecule has 184 valence electrons. The molecule has 0 spiro atoms. The van der Waals surface area contributed by atoms with E-state index in [4.69, 9.17) is 0 Å². The third-order valence-corrected chi connectivity index (χ3v) is 5.82. The minimum atomic E-state index is -3.00. The lowest BCUT2D eigenvalue weighted by Crippen LogP contribution is -2.20. The predicted molar refractivity (Wildman–Crippen MR) is 125 cm³/mol. The van der Waals surface area contributed by atoms with Gasteiger partial charge in [-0.25, -0.2) is 14.4 Å². The summed E-state index contributed by atoms with van der Waals surface area (Å²) in [4.78, 5) is 21.4. The Kier molecular flexibility index (Phi) is 6.18. The standard InChI is InChI=1S/C25H25F3N4O3/c1-13-6-7-21(35-24(27)28)15(8-13)12-32-20-10-16(19(26)9-17(20)22(33)31(32)5)18-11-29-23(25(3,4)34)30-14(18)2/h6-11,24,34H,12H2,1-5H3. The van der Waals surface area contributed by atoms with E-state index in [-0.39, 0.29) is 29.1 Å². The number of ether oxygens (including phenoxy) is 1. The van der Waals surface area contributed by atoms with E-state index in [0.29, 0.717) is 22.3 Å². The summed E-state index contributed by atoms with van der Waals surface area (Å²) in [5.41, 5.74) is 1.00. The first-order valence-electron chi connectivity index (χ1n) is 10.9. The zero-order chi connectivity index (χ0) is 25.7. The van der Waals surface area contributed by atoms with E-state index in [1.807, 2.05) is 6.92 Å². The molecule has 2 aromatic heterocycles. The van der Waals surface area contributed by atoms with Gasteiger partial charge in [-0.2, -0.15) is 8.78 Å². The van der Waals surface area contributed by atoms with Gasteiger partial charge in [-0.15, -0.1) is 0 Å². The first-order chi connectivity index (χ1) is 16.4. The van der Waals surface area contributed by atoms with Gasteiger partial charge in [0.2, 0.25) is 0 Å². The van der Waals surface area contributed by atoms with Crippen LogP contribution in [0.1, 0.15) is 36.5 Å². The number of fused-ring (bicyclic) bond motifs is 1. The summed E-state index contributed by atoms with van der Waals surface area (Å²) in [5, 5.41) is 10.3. The summed E-state index contributed by atoms with van der Waals surface area (Å²) < 4.78 is 48.6. The summed E-state index contributed by atoms with van der Waals surface area (Å²) in [6, 6.07) is 7.48. The largest absolute Gasteiger partial charge is 0.434 e. The average Bonchev–Trinajstić information content (AvgIpc) is 2.98. The van der Waals surface area contributed by atoms with E-state index in [0.717, 1.165) is 11.6 Å². The molecule has 0 saturated carbocycles. The van der Waals surface area contributed by atoms with E-state index < -0.39 is 23.6 Å². The summed E-state index contributed by atoms with van der Waals surface area (Å²) in [6.45, 7) is 3.63. The molecule has 35 heavy (non-hydrogen) atoms. The second-order valence-corrected chi connectivity index (χ2v) is 8.98. The molecule has 7 nitrogen and oxygen atoms in total. The third kappa shape index (κ3) is 4.66. The molecule has 0 amide bonds. The van der Waals surface area contributed by atoms with Crippen molar-refractivity contribution in [3.8, 4) is 16.9 Å². The van der Waals surface area contributed by atoms with Crippen LogP contribution in [0.15, 0.2) is 41.3 Å². The molecule has 4 rings (SSSR count). The summed E-state index contributed by atoms with van der Waals surface area (Å²) in [6.07, 6.45) is 1.43. The maximum absolute atomic E-state index is 15.2. The zero-order valence-corrected chi connectivity index (χ0v) is 19.9. The zero-order valence-electron chi connectivity index (χ0n) is 19.9. The quantitative estimate of drug-likeness (QED) is 0.436. The molecule has 4 aromatic rings. The van der Waals surface area contributed by atoms with Gasteiger partial charge in [0.25, 0.3) is 5.56 Å². The van der Waals surface area contributed by atoms with Crippen LogP contribution in [0.4, 0.5) is 13.2 Å². The Hall–Kier alpha value is -3.66. The first kappa shape index (κ1) is 24.5. The Labute approximate surface area is 199 Å². The second-order valence-electron chi connectivity index (χ2n) is 8.98. The number of aliphatic hydroxyl groups is 1. The minimum Gasteiger partial charge on any atom is -0.434 e. The highest BCUT2D eigenvalue weighted by Gasteiger charge is 2.23. The summed E-state index contributed by atoms with van der Waals surface area (Å²) in [7, 11) is 1.52. The Morgan fingerprint density at radius 2 is 1.86 bits per heavy atom. The van der Waals surface area contributed by atoms with Gasteiger partial charge in [0, 0.05) is 35.6 Å². The number of aromatic nitrogens is 4. The van der Waals surface area contributed by atoms with Crippen molar-refractivity contribution in [3.63, 3.8) is 0 Å². The van der Waals surface area contributed by atoms with Gasteiger partial charge in [0.15, 0.2) is 5.82 Å². The van der Waals surface area contributed by atoms with Crippen molar-refractivity contribution < 1.29 is 23.0 Å². The topological polar surface area (TPSA) is 82.2 Å². The van der Waals surface area contributed by atoms with E-state index in [2.05, 4.69) is 14.7 Å². The van der Waals surface area contributed by atoms with Gasteiger partial charge in [0.05, 0.1) is 17.4 Å². The molecule has 0 unspecified atom stereocenters. The predicted octanol–water partition coefficient (Wildman–Crippen LogP) is 4.43. The lowest BCUT2D eigenvalue weighted by molar-refractivity contribution is -0.0505. The molecule has 0 aliphatic rings. The molecule has 0 saturated heterocycles. The first-order valence-corrected chi connectivity index (χ1v) is 10.9. The molecular formula is C25H25F3N4O3. The average molecular weight is 486 g/mol. The normalized spacial score (nSPS) is 12.1. The van der Waals surface area contributed by atoms with E-state index in [9.17, 15) is 18.7 Å². The van der Waals surface area contributed by atoms with Crippen LogP contribution in [0.25, 0.3) is 22.0 Å². The highest BCUT2D eigenvalue weighted by atomic mass is 19.3. The second kappa shape index (κ2) is 8.84. The van der Waals surface area contributed by atoms with Crippen molar-refractivity contribution in [1.82, 2.24) is 19.3 Å². The lowest BCUT2D eigenvalue weighted by atomic mass is 10.0. The minimum absolute atomic E-state index is 0.00585. The molecule has 0 aliphatic heterocycles. The molecule has 10 heteroatoms. The van der Waals surface area contributed by atoms with Crippen LogP contribution < -0.4 is 10.3 Å². The Balaban J connectivity index is 1.88. The van der Waals surface area contributed by atoms with Crippen LogP contribution in [-0.4, -0.2) is 31.0 Å². The van der Waals surface area contributed by atoms with Crippen molar-refractivity contribution in [2.24, 2.45) is 7.05 Å². The van der Waals surface area contributed by atoms with Gasteiger partial charge in [-0.3, -0.25) is 14.2 Å². The Morgan fingerprint density at radius 1 is 1.14 bits per heavy atom. The number of alkyl halides is 2. The van der Waals surface area contributed by atoms with Gasteiger partial charge in [0.1, 0.15) is 17.2 Å². The number of nitrogens with zero attached hydrogens (tertiary/aromatic N) is 4. The maximum atomic E-state index is 15.2. The molecule has 2 aromatic carbocycles. The molecule has 1 N–H and O–H groups in total. The van der Waals surface area contributed by atoms with E-state index in [1.54, 1.807) is 37.6 Å². The Bertz CT molecular complexity index is 1490. The van der Waals surface area contributed by atoms with Crippen LogP contribution in [0.2, 0.25) is 0 Å². The molecular weight excluding hydrogens is 461 g/mol. The van der Waals surface area contributed by atoms with Crippen molar-refractivity contribution in [1.29, 1.82) is 0 Å². The molecule has 0 bridgehead atoms. The lowest BCUT2D eigenvalue weighted by Gasteiger charge is -2.17. The van der Waals surface area contributed by atoms with Crippen molar-refractivity contribution in [3.05, 3.63) is 75.3 Å². The molecule has 0 radical (unpaired) electrons. The van der Waals surface area contributed by atoms with Gasteiger partial charge >= 0.3 is 6.61 Å². The van der Waals surface area contributed by atoms with Crippen LogP contribution >= 0.6 is 0 Å². The van der Waals surface area contributed by atoms with Gasteiger partial charge < -0.3 is 9.84 Å². The monoisotopic (exact) mass is 486 g/mol. The van der Waals surface area contributed by atoms with Crippen molar-refractivity contribution >= 4 is 10.9 Å². The molecule has 0 aliphatic carbocycles. The van der Waals surface area contributed by atoms with Crippen LogP contribution in [0, 0.1) is 19.7 Å². The number of aryl methyl sites for hydroxylation is 2. The molecule has 2 heterocycles. The number of halogens is 3. The summed E-state index contributed by atoms with van der Waals surface area (Å²) >= 11 is 0. The smallest absolute Gasteiger partial charge is 0.387 e. The van der Waals surface area contributed by atoms with Crippen molar-refractivity contribution in [2.45, 2.75) is 46.5 Å².